The Labute approximate surface area is 122 Å². The Morgan fingerprint density at radius 1 is 1.10 bits per heavy atom. The van der Waals surface area contributed by atoms with Crippen LogP contribution in [0.25, 0.3) is 0 Å². The van der Waals surface area contributed by atoms with Crippen molar-refractivity contribution in [2.75, 3.05) is 7.05 Å². The van der Waals surface area contributed by atoms with Gasteiger partial charge in [-0.3, -0.25) is 0 Å². The second kappa shape index (κ2) is 6.23. The molecule has 2 rings (SSSR count). The molecular formula is C17H25N3. The number of likely N-dealkylation sites (N-methyl/N-ethyl adjacent to an activating group) is 1. The SMILES string of the molecule is CNC(Cn1cnc(C)c1C)c1ccc(C(C)C)cc1. The third-order valence-corrected chi connectivity index (χ3v) is 4.08. The summed E-state index contributed by atoms with van der Waals surface area (Å²) in [7, 11) is 2.01. The number of nitrogens with one attached hydrogen (secondary N) is 1. The van der Waals surface area contributed by atoms with Crippen molar-refractivity contribution in [2.45, 2.75) is 46.2 Å². The van der Waals surface area contributed by atoms with Crippen LogP contribution in [0, 0.1) is 13.8 Å². The van der Waals surface area contributed by atoms with Crippen LogP contribution in [-0.2, 0) is 6.54 Å². The lowest BCUT2D eigenvalue weighted by Crippen LogP contribution is -2.22. The van der Waals surface area contributed by atoms with E-state index in [1.165, 1.54) is 16.8 Å². The summed E-state index contributed by atoms with van der Waals surface area (Å²) in [5.74, 6) is 0.579. The lowest BCUT2D eigenvalue weighted by Gasteiger charge is -2.19. The zero-order valence-electron chi connectivity index (χ0n) is 13.1. The fourth-order valence-corrected chi connectivity index (χ4v) is 2.40. The fourth-order valence-electron chi connectivity index (χ4n) is 2.40. The number of benzene rings is 1. The molecule has 3 nitrogen and oxygen atoms in total. The molecule has 0 bridgehead atoms. The molecule has 0 fully saturated rings. The molecule has 0 saturated heterocycles. The summed E-state index contributed by atoms with van der Waals surface area (Å²) in [4.78, 5) is 4.37. The molecule has 2 aromatic rings. The third-order valence-electron chi connectivity index (χ3n) is 4.08. The summed E-state index contributed by atoms with van der Waals surface area (Å²) < 4.78 is 2.22. The van der Waals surface area contributed by atoms with E-state index in [-0.39, 0.29) is 0 Å². The predicted octanol–water partition coefficient (Wildman–Crippen LogP) is 3.58. The molecule has 0 amide bonds. The molecular weight excluding hydrogens is 246 g/mol. The maximum atomic E-state index is 4.37. The zero-order valence-corrected chi connectivity index (χ0v) is 13.1. The first-order valence-electron chi connectivity index (χ1n) is 7.28. The molecule has 0 aliphatic rings. The lowest BCUT2D eigenvalue weighted by atomic mass is 9.99. The van der Waals surface area contributed by atoms with E-state index in [2.05, 4.69) is 66.8 Å². The molecule has 0 spiro atoms. The molecule has 0 aliphatic heterocycles. The number of hydrogen-bond donors (Lipinski definition) is 1. The molecule has 108 valence electrons. The van der Waals surface area contributed by atoms with Crippen molar-refractivity contribution in [1.82, 2.24) is 14.9 Å². The summed E-state index contributed by atoms with van der Waals surface area (Å²) in [5.41, 5.74) is 5.06. The van der Waals surface area contributed by atoms with Gasteiger partial charge in [-0.05, 0) is 37.9 Å². The highest BCUT2D eigenvalue weighted by Crippen LogP contribution is 2.20. The summed E-state index contributed by atoms with van der Waals surface area (Å²) in [5, 5.41) is 3.40. The topological polar surface area (TPSA) is 29.9 Å². The molecule has 1 unspecified atom stereocenters. The number of hydrogen-bond acceptors (Lipinski definition) is 2. The summed E-state index contributed by atoms with van der Waals surface area (Å²) >= 11 is 0. The van der Waals surface area contributed by atoms with E-state index in [0.717, 1.165) is 12.2 Å². The van der Waals surface area contributed by atoms with Crippen LogP contribution in [-0.4, -0.2) is 16.6 Å². The Morgan fingerprint density at radius 2 is 1.70 bits per heavy atom. The molecule has 1 aromatic carbocycles. The van der Waals surface area contributed by atoms with Gasteiger partial charge in [-0.25, -0.2) is 4.98 Å². The largest absolute Gasteiger partial charge is 0.333 e. The predicted molar refractivity (Wildman–Crippen MR) is 84.0 cm³/mol. The number of rotatable bonds is 5. The van der Waals surface area contributed by atoms with E-state index >= 15 is 0 Å². The number of aryl methyl sites for hydroxylation is 1. The third kappa shape index (κ3) is 3.10. The second-order valence-corrected chi connectivity index (χ2v) is 5.73. The Hall–Kier alpha value is -1.61. The molecule has 1 heterocycles. The first-order chi connectivity index (χ1) is 9.52. The van der Waals surface area contributed by atoms with Crippen LogP contribution in [0.15, 0.2) is 30.6 Å². The van der Waals surface area contributed by atoms with Crippen LogP contribution in [0.1, 0.15) is 48.3 Å². The van der Waals surface area contributed by atoms with E-state index in [4.69, 9.17) is 0 Å². The zero-order chi connectivity index (χ0) is 14.7. The van der Waals surface area contributed by atoms with Gasteiger partial charge in [-0.2, -0.15) is 0 Å². The van der Waals surface area contributed by atoms with E-state index in [1.54, 1.807) is 0 Å². The van der Waals surface area contributed by atoms with Gasteiger partial charge in [-0.15, -0.1) is 0 Å². The molecule has 1 aromatic heterocycles. The van der Waals surface area contributed by atoms with Crippen molar-refractivity contribution in [3.05, 3.63) is 53.1 Å². The van der Waals surface area contributed by atoms with E-state index in [0.29, 0.717) is 12.0 Å². The average Bonchev–Trinajstić information content (AvgIpc) is 2.76. The van der Waals surface area contributed by atoms with E-state index in [9.17, 15) is 0 Å². The van der Waals surface area contributed by atoms with Crippen LogP contribution < -0.4 is 5.32 Å². The van der Waals surface area contributed by atoms with Crippen LogP contribution >= 0.6 is 0 Å². The van der Waals surface area contributed by atoms with Gasteiger partial charge >= 0.3 is 0 Å². The normalized spacial score (nSPS) is 12.9. The highest BCUT2D eigenvalue weighted by molar-refractivity contribution is 5.27. The molecule has 1 N–H and O–H groups in total. The number of imidazole rings is 1. The standard InChI is InChI=1S/C17H25N3/c1-12(2)15-6-8-16(9-7-15)17(18-5)10-20-11-19-13(3)14(20)4/h6-9,11-12,17-18H,10H2,1-5H3. The van der Waals surface area contributed by atoms with Crippen LogP contribution in [0.4, 0.5) is 0 Å². The van der Waals surface area contributed by atoms with Gasteiger partial charge < -0.3 is 9.88 Å². The highest BCUT2D eigenvalue weighted by atomic mass is 15.1. The maximum absolute atomic E-state index is 4.37. The first-order valence-corrected chi connectivity index (χ1v) is 7.28. The Morgan fingerprint density at radius 3 is 2.15 bits per heavy atom. The first kappa shape index (κ1) is 14.8. The van der Waals surface area contributed by atoms with Crippen molar-refractivity contribution in [1.29, 1.82) is 0 Å². The van der Waals surface area contributed by atoms with Gasteiger partial charge in [0, 0.05) is 18.3 Å². The highest BCUT2D eigenvalue weighted by Gasteiger charge is 2.12. The smallest absolute Gasteiger partial charge is 0.0952 e. The van der Waals surface area contributed by atoms with Crippen LogP contribution in [0.5, 0.6) is 0 Å². The van der Waals surface area contributed by atoms with E-state index in [1.807, 2.05) is 13.4 Å². The number of aromatic nitrogens is 2. The molecule has 0 aliphatic carbocycles. The maximum Gasteiger partial charge on any atom is 0.0952 e. The van der Waals surface area contributed by atoms with Crippen LogP contribution in [0.3, 0.4) is 0 Å². The van der Waals surface area contributed by atoms with E-state index < -0.39 is 0 Å². The van der Waals surface area contributed by atoms with Gasteiger partial charge in [0.15, 0.2) is 0 Å². The monoisotopic (exact) mass is 271 g/mol. The average molecular weight is 271 g/mol. The Bertz CT molecular complexity index is 552. The summed E-state index contributed by atoms with van der Waals surface area (Å²) in [6.45, 7) is 9.53. The van der Waals surface area contributed by atoms with Gasteiger partial charge in [0.25, 0.3) is 0 Å². The summed E-state index contributed by atoms with van der Waals surface area (Å²) in [6, 6.07) is 9.24. The quantitative estimate of drug-likeness (QED) is 0.900. The van der Waals surface area contributed by atoms with Crippen molar-refractivity contribution in [2.24, 2.45) is 0 Å². The van der Waals surface area contributed by atoms with Gasteiger partial charge in [-0.1, -0.05) is 38.1 Å². The van der Waals surface area contributed by atoms with Gasteiger partial charge in [0.2, 0.25) is 0 Å². The molecule has 20 heavy (non-hydrogen) atoms. The van der Waals surface area contributed by atoms with Gasteiger partial charge in [0.05, 0.1) is 12.0 Å². The minimum Gasteiger partial charge on any atom is -0.333 e. The Kier molecular flexibility index (Phi) is 4.61. The van der Waals surface area contributed by atoms with Crippen molar-refractivity contribution < 1.29 is 0 Å². The van der Waals surface area contributed by atoms with Crippen molar-refractivity contribution in [3.63, 3.8) is 0 Å². The second-order valence-electron chi connectivity index (χ2n) is 5.73. The number of nitrogens with zero attached hydrogens (tertiary/aromatic N) is 2. The Balaban J connectivity index is 2.17. The molecule has 0 radical (unpaired) electrons. The lowest BCUT2D eigenvalue weighted by molar-refractivity contribution is 0.494. The molecule has 1 atom stereocenters. The van der Waals surface area contributed by atoms with Crippen molar-refractivity contribution in [3.8, 4) is 0 Å². The molecule has 0 saturated carbocycles. The van der Waals surface area contributed by atoms with Crippen molar-refractivity contribution >= 4 is 0 Å². The fraction of sp³-hybridized carbons (Fsp3) is 0.471. The van der Waals surface area contributed by atoms with Gasteiger partial charge in [0.1, 0.15) is 0 Å². The summed E-state index contributed by atoms with van der Waals surface area (Å²) in [6.07, 6.45) is 1.93. The minimum absolute atomic E-state index is 0.309. The molecule has 3 heteroatoms. The minimum atomic E-state index is 0.309. The van der Waals surface area contributed by atoms with Crippen LogP contribution in [0.2, 0.25) is 0 Å².